The average molecular weight is 927 g/mol. The largest absolute Gasteiger partial charge is 0.0616 e. The molecule has 0 amide bonds. The molecule has 0 aromatic heterocycles. The summed E-state index contributed by atoms with van der Waals surface area (Å²) < 4.78 is 0. The van der Waals surface area contributed by atoms with Crippen molar-refractivity contribution in [3.63, 3.8) is 0 Å². The fourth-order valence-corrected chi connectivity index (χ4v) is 15.8. The summed E-state index contributed by atoms with van der Waals surface area (Å²) in [5.41, 5.74) is 28.4. The summed E-state index contributed by atoms with van der Waals surface area (Å²) in [6, 6.07) is 49.1. The first kappa shape index (κ1) is 45.2. The van der Waals surface area contributed by atoms with Crippen LogP contribution in [0.15, 0.2) is 121 Å². The number of hydrogen-bond acceptors (Lipinski definition) is 0. The molecule has 0 aliphatic heterocycles. The van der Waals surface area contributed by atoms with Crippen LogP contribution in [0.3, 0.4) is 0 Å². The van der Waals surface area contributed by atoms with Crippen LogP contribution in [-0.4, -0.2) is 0 Å². The fraction of sp³-hybridized carbons (Fsp3) is 0.380. The lowest BCUT2D eigenvalue weighted by Gasteiger charge is -2.44. The summed E-state index contributed by atoms with van der Waals surface area (Å²) in [4.78, 5) is 0. The van der Waals surface area contributed by atoms with Gasteiger partial charge in [-0.1, -0.05) is 210 Å². The van der Waals surface area contributed by atoms with E-state index in [9.17, 15) is 0 Å². The lowest BCUT2D eigenvalue weighted by atomic mass is 9.59. The van der Waals surface area contributed by atoms with E-state index < -0.39 is 0 Å². The molecular formula is C71H74. The molecule has 0 fully saturated rings. The summed E-state index contributed by atoms with van der Waals surface area (Å²) in [6.45, 7) is 44.4. The van der Waals surface area contributed by atoms with Crippen LogP contribution in [-0.2, 0) is 37.9 Å². The normalized spacial score (nSPS) is 21.3. The van der Waals surface area contributed by atoms with Gasteiger partial charge in [0.15, 0.2) is 0 Å². The first-order chi connectivity index (χ1) is 33.0. The Morgan fingerprint density at radius 1 is 0.225 bits per heavy atom. The zero-order valence-electron chi connectivity index (χ0n) is 46.0. The first-order valence-electron chi connectivity index (χ1n) is 26.8. The van der Waals surface area contributed by atoms with Gasteiger partial charge in [-0.15, -0.1) is 0 Å². The summed E-state index contributed by atoms with van der Waals surface area (Å²) in [6.07, 6.45) is 0. The summed E-state index contributed by atoms with van der Waals surface area (Å²) in [5, 5.41) is 5.40. The van der Waals surface area contributed by atoms with Gasteiger partial charge in [-0.2, -0.15) is 0 Å². The predicted octanol–water partition coefficient (Wildman–Crippen LogP) is 19.4. The quantitative estimate of drug-likeness (QED) is 0.162. The van der Waals surface area contributed by atoms with Crippen molar-refractivity contribution in [2.45, 2.75) is 163 Å². The second-order valence-corrected chi connectivity index (χ2v) is 27.8. The van der Waals surface area contributed by atoms with Crippen molar-refractivity contribution in [1.82, 2.24) is 0 Å². The average Bonchev–Trinajstić information content (AvgIpc) is 3.86. The highest BCUT2D eigenvalue weighted by Crippen LogP contribution is 2.65. The zero-order chi connectivity index (χ0) is 50.5. The number of fused-ring (bicyclic) bond motifs is 15. The molecule has 0 heterocycles. The van der Waals surface area contributed by atoms with Crippen LogP contribution in [0.25, 0.3) is 77.2 Å². The van der Waals surface area contributed by atoms with Crippen molar-refractivity contribution in [3.05, 3.63) is 177 Å². The third kappa shape index (κ3) is 5.05. The van der Waals surface area contributed by atoms with Gasteiger partial charge in [-0.25, -0.2) is 0 Å². The third-order valence-corrected chi connectivity index (χ3v) is 22.9. The minimum Gasteiger partial charge on any atom is -0.0616 e. The maximum Gasteiger partial charge on any atom is 0.0159 e. The molecule has 0 heteroatoms. The lowest BCUT2D eigenvalue weighted by Crippen LogP contribution is -2.42. The van der Waals surface area contributed by atoms with Gasteiger partial charge >= 0.3 is 0 Å². The second kappa shape index (κ2) is 13.1. The highest BCUT2D eigenvalue weighted by molar-refractivity contribution is 6.11. The Labute approximate surface area is 425 Å². The SMILES string of the molecule is CC1(C)c2cc3c(cc2-c2cc4c(cc21)-c1c(cc(-c2ccc5c(c2)C(C)(C)C(C)(C)C5(C)C)c2ccccc12)C4(C)C)C(C)(C)c1cc(-c2ccc4c(c2)C(C)(C)C(C)(C)C4(C)C)c2ccccc2c1-3. The molecule has 0 bridgehead atoms. The molecule has 0 saturated carbocycles. The van der Waals surface area contributed by atoms with Crippen LogP contribution in [0.2, 0.25) is 0 Å². The van der Waals surface area contributed by atoms with Gasteiger partial charge in [0.2, 0.25) is 0 Å². The zero-order valence-corrected chi connectivity index (χ0v) is 46.0. The number of benzene rings is 8. The van der Waals surface area contributed by atoms with Crippen molar-refractivity contribution in [2.24, 2.45) is 10.8 Å². The monoisotopic (exact) mass is 927 g/mol. The van der Waals surface area contributed by atoms with Crippen LogP contribution in [0.5, 0.6) is 0 Å². The third-order valence-electron chi connectivity index (χ3n) is 22.9. The molecule has 8 aromatic rings. The second-order valence-electron chi connectivity index (χ2n) is 27.8. The van der Waals surface area contributed by atoms with Crippen LogP contribution in [0.1, 0.15) is 180 Å². The highest BCUT2D eigenvalue weighted by atomic mass is 14.6. The van der Waals surface area contributed by atoms with Crippen molar-refractivity contribution in [3.8, 4) is 55.6 Å². The van der Waals surface area contributed by atoms with E-state index in [-0.39, 0.29) is 48.7 Å². The fourth-order valence-electron chi connectivity index (χ4n) is 15.8. The Morgan fingerprint density at radius 3 is 0.873 bits per heavy atom. The molecule has 358 valence electrons. The molecule has 0 saturated heterocycles. The maximum atomic E-state index is 2.63. The van der Waals surface area contributed by atoms with Gasteiger partial charge in [0.05, 0.1) is 0 Å². The van der Waals surface area contributed by atoms with Crippen molar-refractivity contribution >= 4 is 21.5 Å². The van der Waals surface area contributed by atoms with Crippen LogP contribution < -0.4 is 0 Å². The van der Waals surface area contributed by atoms with Gasteiger partial charge in [-0.3, -0.25) is 0 Å². The van der Waals surface area contributed by atoms with Crippen molar-refractivity contribution < 1.29 is 0 Å². The molecule has 0 radical (unpaired) electrons. The molecule has 0 spiro atoms. The Kier molecular flexibility index (Phi) is 8.32. The van der Waals surface area contributed by atoms with Crippen molar-refractivity contribution in [1.29, 1.82) is 0 Å². The molecule has 0 N–H and O–H groups in total. The van der Waals surface area contributed by atoms with E-state index >= 15 is 0 Å². The van der Waals surface area contributed by atoms with E-state index in [0.717, 1.165) is 0 Å². The van der Waals surface area contributed by atoms with E-state index in [1.165, 1.54) is 133 Å². The number of rotatable bonds is 2. The smallest absolute Gasteiger partial charge is 0.0159 e. The Hall–Kier alpha value is -5.72. The molecule has 0 unspecified atom stereocenters. The van der Waals surface area contributed by atoms with E-state index in [0.29, 0.717) is 0 Å². The molecule has 71 heavy (non-hydrogen) atoms. The Balaban J connectivity index is 0.958. The van der Waals surface area contributed by atoms with E-state index in [4.69, 9.17) is 0 Å². The van der Waals surface area contributed by atoms with Crippen LogP contribution in [0, 0.1) is 10.8 Å². The maximum absolute atomic E-state index is 2.63. The van der Waals surface area contributed by atoms with E-state index in [2.05, 4.69) is 246 Å². The molecule has 5 aliphatic rings. The van der Waals surface area contributed by atoms with Gasteiger partial charge < -0.3 is 0 Å². The standard InChI is InChI=1S/C71H74/c1-63(2)53-37-49-55(64(3,4)59-33-45(41-23-19-21-25-43(41)61(49)59)39-27-29-51-57(31-39)68(11,12)70(15,16)66(51,7)8)35-47(53)48-36-56-50(38-54(48)63)62-44-26-22-20-24-42(44)46(34-60(62)65(56,5)6)40-28-30-52-58(32-40)69(13,14)71(17,18)67(52,9)10/h19-38H,1-18H3. The van der Waals surface area contributed by atoms with E-state index in [1.807, 2.05) is 0 Å². The predicted molar refractivity (Wildman–Crippen MR) is 305 cm³/mol. The Bertz CT molecular complexity index is 3520. The summed E-state index contributed by atoms with van der Waals surface area (Å²) >= 11 is 0. The van der Waals surface area contributed by atoms with E-state index in [1.54, 1.807) is 0 Å². The molecular weight excluding hydrogens is 853 g/mol. The molecule has 0 nitrogen and oxygen atoms in total. The van der Waals surface area contributed by atoms with Crippen molar-refractivity contribution in [2.75, 3.05) is 0 Å². The summed E-state index contributed by atoms with van der Waals surface area (Å²) in [5.74, 6) is 0. The molecule has 0 atom stereocenters. The topological polar surface area (TPSA) is 0 Å². The molecule has 5 aliphatic carbocycles. The highest BCUT2D eigenvalue weighted by Gasteiger charge is 2.58. The number of hydrogen-bond donors (Lipinski definition) is 0. The van der Waals surface area contributed by atoms with Gasteiger partial charge in [0, 0.05) is 16.2 Å². The van der Waals surface area contributed by atoms with Crippen LogP contribution in [0.4, 0.5) is 0 Å². The Morgan fingerprint density at radius 2 is 0.507 bits per heavy atom. The van der Waals surface area contributed by atoms with Crippen LogP contribution >= 0.6 is 0 Å². The minimum absolute atomic E-state index is 0.0396. The first-order valence-corrected chi connectivity index (χ1v) is 26.8. The molecule has 13 rings (SSSR count). The summed E-state index contributed by atoms with van der Waals surface area (Å²) in [7, 11) is 0. The van der Waals surface area contributed by atoms with Gasteiger partial charge in [0.1, 0.15) is 0 Å². The lowest BCUT2D eigenvalue weighted by molar-refractivity contribution is 0.125. The van der Waals surface area contributed by atoms with Gasteiger partial charge in [0.25, 0.3) is 0 Å². The van der Waals surface area contributed by atoms with Gasteiger partial charge in [-0.05, 0) is 202 Å². The minimum atomic E-state index is -0.189. The molecule has 8 aromatic carbocycles.